The summed E-state index contributed by atoms with van der Waals surface area (Å²) in [6.07, 6.45) is 1.77. The number of hydrogen-bond donors (Lipinski definition) is 2. The van der Waals surface area contributed by atoms with Crippen LogP contribution in [0.15, 0.2) is 60.7 Å². The highest BCUT2D eigenvalue weighted by atomic mass is 35.5. The van der Waals surface area contributed by atoms with E-state index in [4.69, 9.17) is 16.6 Å². The van der Waals surface area contributed by atoms with Crippen LogP contribution in [0.4, 0.5) is 0 Å². The van der Waals surface area contributed by atoms with Crippen LogP contribution in [0.1, 0.15) is 30.5 Å². The van der Waals surface area contributed by atoms with Gasteiger partial charge in [0, 0.05) is 16.7 Å². The summed E-state index contributed by atoms with van der Waals surface area (Å²) in [4.78, 5) is 8.09. The molecule has 28 heavy (non-hydrogen) atoms. The van der Waals surface area contributed by atoms with Crippen molar-refractivity contribution in [3.63, 3.8) is 0 Å². The number of rotatable bonds is 5. The fraction of sp³-hybridized carbons (Fsp3) is 0.208. The Morgan fingerprint density at radius 2 is 1.82 bits per heavy atom. The molecule has 0 saturated carbocycles. The van der Waals surface area contributed by atoms with Gasteiger partial charge in [-0.25, -0.2) is 4.98 Å². The van der Waals surface area contributed by atoms with E-state index in [9.17, 15) is 5.11 Å². The van der Waals surface area contributed by atoms with E-state index in [0.717, 1.165) is 45.8 Å². The third kappa shape index (κ3) is 3.90. The van der Waals surface area contributed by atoms with E-state index in [0.29, 0.717) is 5.92 Å². The van der Waals surface area contributed by atoms with E-state index in [1.807, 2.05) is 24.3 Å². The number of H-pyrrole nitrogens is 1. The Balaban J connectivity index is 1.81. The normalized spacial score (nSPS) is 11.4. The molecule has 3 aromatic carbocycles. The van der Waals surface area contributed by atoms with Crippen molar-refractivity contribution in [1.82, 2.24) is 9.97 Å². The molecule has 1 aromatic heterocycles. The lowest BCUT2D eigenvalue weighted by atomic mass is 9.94. The Morgan fingerprint density at radius 1 is 1.00 bits per heavy atom. The SMILES string of the molecule is CC(C)Cc1ccc(-c2nc3ccc(O)cc3[nH]2)c(Cc2ccccc2Cl)c1. The number of aromatic nitrogens is 2. The molecule has 0 atom stereocenters. The Kier molecular flexibility index (Phi) is 5.10. The van der Waals surface area contributed by atoms with Gasteiger partial charge in [-0.15, -0.1) is 0 Å². The summed E-state index contributed by atoms with van der Waals surface area (Å²) in [6.45, 7) is 4.46. The smallest absolute Gasteiger partial charge is 0.138 e. The zero-order valence-electron chi connectivity index (χ0n) is 16.0. The van der Waals surface area contributed by atoms with Gasteiger partial charge < -0.3 is 10.1 Å². The number of nitrogens with one attached hydrogen (secondary N) is 1. The molecular weight excluding hydrogens is 368 g/mol. The van der Waals surface area contributed by atoms with E-state index < -0.39 is 0 Å². The summed E-state index contributed by atoms with van der Waals surface area (Å²) in [6, 6.07) is 19.7. The molecule has 0 fully saturated rings. The Labute approximate surface area is 170 Å². The van der Waals surface area contributed by atoms with Crippen LogP contribution < -0.4 is 0 Å². The predicted molar refractivity (Wildman–Crippen MR) is 116 cm³/mol. The number of fused-ring (bicyclic) bond motifs is 1. The average Bonchev–Trinajstić information content (AvgIpc) is 3.06. The highest BCUT2D eigenvalue weighted by molar-refractivity contribution is 6.31. The van der Waals surface area contributed by atoms with E-state index in [2.05, 4.69) is 43.1 Å². The minimum Gasteiger partial charge on any atom is -0.508 e. The fourth-order valence-electron chi connectivity index (χ4n) is 3.59. The summed E-state index contributed by atoms with van der Waals surface area (Å²) in [5, 5.41) is 10.5. The molecule has 3 nitrogen and oxygen atoms in total. The monoisotopic (exact) mass is 390 g/mol. The van der Waals surface area contributed by atoms with Crippen molar-refractivity contribution in [3.8, 4) is 17.1 Å². The molecule has 0 amide bonds. The van der Waals surface area contributed by atoms with Crippen LogP contribution in [0.5, 0.6) is 5.75 Å². The minimum atomic E-state index is 0.228. The number of nitrogens with zero attached hydrogens (tertiary/aromatic N) is 1. The average molecular weight is 391 g/mol. The first-order chi connectivity index (χ1) is 13.5. The van der Waals surface area contributed by atoms with E-state index in [1.165, 1.54) is 11.1 Å². The van der Waals surface area contributed by atoms with Crippen molar-refractivity contribution in [2.24, 2.45) is 5.92 Å². The van der Waals surface area contributed by atoms with Crippen molar-refractivity contribution in [3.05, 3.63) is 82.4 Å². The Morgan fingerprint density at radius 3 is 2.61 bits per heavy atom. The van der Waals surface area contributed by atoms with Crippen LogP contribution in [-0.2, 0) is 12.8 Å². The molecule has 0 radical (unpaired) electrons. The van der Waals surface area contributed by atoms with Crippen LogP contribution in [0.3, 0.4) is 0 Å². The first kappa shape index (κ1) is 18.6. The van der Waals surface area contributed by atoms with Gasteiger partial charge >= 0.3 is 0 Å². The molecule has 1 heterocycles. The largest absolute Gasteiger partial charge is 0.508 e. The van der Waals surface area contributed by atoms with Gasteiger partial charge in [0.2, 0.25) is 0 Å². The van der Waals surface area contributed by atoms with Gasteiger partial charge in [0.1, 0.15) is 11.6 Å². The quantitative estimate of drug-likeness (QED) is 0.415. The van der Waals surface area contributed by atoms with Crippen molar-refractivity contribution in [2.45, 2.75) is 26.7 Å². The van der Waals surface area contributed by atoms with Crippen LogP contribution in [0.2, 0.25) is 5.02 Å². The Bertz CT molecular complexity index is 1130. The standard InChI is InChI=1S/C24H23ClN2O/c1-15(2)11-16-7-9-20(18(12-16)13-17-5-3-4-6-21(17)25)24-26-22-10-8-19(28)14-23(22)27-24/h3-10,12,14-15,28H,11,13H2,1-2H3,(H,26,27). The van der Waals surface area contributed by atoms with Crippen molar-refractivity contribution >= 4 is 22.6 Å². The number of aromatic hydroxyl groups is 1. The number of halogens is 1. The highest BCUT2D eigenvalue weighted by Crippen LogP contribution is 2.30. The topological polar surface area (TPSA) is 48.9 Å². The van der Waals surface area contributed by atoms with Crippen LogP contribution in [0, 0.1) is 5.92 Å². The van der Waals surface area contributed by atoms with Gasteiger partial charge in [-0.3, -0.25) is 0 Å². The molecule has 0 spiro atoms. The molecule has 2 N–H and O–H groups in total. The van der Waals surface area contributed by atoms with Gasteiger partial charge in [0.15, 0.2) is 0 Å². The second kappa shape index (κ2) is 7.69. The molecule has 0 saturated heterocycles. The summed E-state index contributed by atoms with van der Waals surface area (Å²) in [5.74, 6) is 1.62. The lowest BCUT2D eigenvalue weighted by Crippen LogP contribution is -1.99. The summed E-state index contributed by atoms with van der Waals surface area (Å²) in [7, 11) is 0. The molecule has 142 valence electrons. The third-order valence-corrected chi connectivity index (χ3v) is 5.24. The maximum atomic E-state index is 9.75. The molecule has 0 aliphatic carbocycles. The fourth-order valence-corrected chi connectivity index (χ4v) is 3.80. The number of hydrogen-bond acceptors (Lipinski definition) is 2. The zero-order chi connectivity index (χ0) is 19.7. The molecular formula is C24H23ClN2O. The molecule has 4 aromatic rings. The lowest BCUT2D eigenvalue weighted by molar-refractivity contribution is 0.476. The van der Waals surface area contributed by atoms with Crippen LogP contribution >= 0.6 is 11.6 Å². The second-order valence-electron chi connectivity index (χ2n) is 7.64. The first-order valence-corrected chi connectivity index (χ1v) is 9.91. The van der Waals surface area contributed by atoms with Gasteiger partial charge in [-0.2, -0.15) is 0 Å². The lowest BCUT2D eigenvalue weighted by Gasteiger charge is -2.13. The molecule has 0 unspecified atom stereocenters. The first-order valence-electron chi connectivity index (χ1n) is 9.54. The van der Waals surface area contributed by atoms with E-state index in [-0.39, 0.29) is 5.75 Å². The van der Waals surface area contributed by atoms with Crippen LogP contribution in [-0.4, -0.2) is 15.1 Å². The molecule has 4 rings (SSSR count). The predicted octanol–water partition coefficient (Wildman–Crippen LogP) is 6.38. The molecule has 4 heteroatoms. The van der Waals surface area contributed by atoms with Gasteiger partial charge in [0.05, 0.1) is 11.0 Å². The summed E-state index contributed by atoms with van der Waals surface area (Å²) in [5.41, 5.74) is 6.32. The van der Waals surface area contributed by atoms with Gasteiger partial charge in [-0.05, 0) is 53.6 Å². The van der Waals surface area contributed by atoms with Crippen molar-refractivity contribution in [2.75, 3.05) is 0 Å². The maximum Gasteiger partial charge on any atom is 0.138 e. The number of aromatic amines is 1. The number of phenols is 1. The second-order valence-corrected chi connectivity index (χ2v) is 8.05. The van der Waals surface area contributed by atoms with Crippen molar-refractivity contribution < 1.29 is 5.11 Å². The van der Waals surface area contributed by atoms with Crippen LogP contribution in [0.25, 0.3) is 22.4 Å². The maximum absolute atomic E-state index is 9.75. The molecule has 0 bridgehead atoms. The van der Waals surface area contributed by atoms with Gasteiger partial charge in [-0.1, -0.05) is 61.8 Å². The highest BCUT2D eigenvalue weighted by Gasteiger charge is 2.13. The molecule has 0 aliphatic heterocycles. The number of benzene rings is 3. The minimum absolute atomic E-state index is 0.228. The molecule has 0 aliphatic rings. The van der Waals surface area contributed by atoms with E-state index >= 15 is 0 Å². The van der Waals surface area contributed by atoms with E-state index in [1.54, 1.807) is 12.1 Å². The number of imidazole rings is 1. The number of phenolic OH excluding ortho intramolecular Hbond substituents is 1. The zero-order valence-corrected chi connectivity index (χ0v) is 16.8. The third-order valence-electron chi connectivity index (χ3n) is 4.87. The summed E-state index contributed by atoms with van der Waals surface area (Å²) < 4.78 is 0. The van der Waals surface area contributed by atoms with Crippen molar-refractivity contribution in [1.29, 1.82) is 0 Å². The van der Waals surface area contributed by atoms with Gasteiger partial charge in [0.25, 0.3) is 0 Å². The summed E-state index contributed by atoms with van der Waals surface area (Å²) >= 11 is 6.43. The Hall–Kier alpha value is -2.78.